The van der Waals surface area contributed by atoms with Crippen LogP contribution in [0.1, 0.15) is 24.8 Å². The van der Waals surface area contributed by atoms with Crippen LogP contribution in [0.25, 0.3) is 0 Å². The van der Waals surface area contributed by atoms with Crippen molar-refractivity contribution < 1.29 is 13.6 Å². The summed E-state index contributed by atoms with van der Waals surface area (Å²) in [6.07, 6.45) is 0.781. The van der Waals surface area contributed by atoms with Gasteiger partial charge in [-0.05, 0) is 37.0 Å². The van der Waals surface area contributed by atoms with E-state index in [2.05, 4.69) is 4.90 Å². The van der Waals surface area contributed by atoms with Crippen molar-refractivity contribution in [2.24, 2.45) is 0 Å². The first-order chi connectivity index (χ1) is 9.58. The second kappa shape index (κ2) is 6.68. The van der Waals surface area contributed by atoms with Crippen molar-refractivity contribution in [3.8, 4) is 0 Å². The van der Waals surface area contributed by atoms with Gasteiger partial charge < -0.3 is 9.80 Å². The Morgan fingerprint density at radius 1 is 1.20 bits per heavy atom. The number of alkyl halides is 2. The zero-order valence-electron chi connectivity index (χ0n) is 11.7. The maximum absolute atomic E-state index is 12.3. The standard InChI is InChI=1S/C15H20F2N2O/c1-18(15(20)14(16)17)11-12-5-7-13(8-6-12)19-9-3-2-4-10-19/h5-8,14H,2-4,9-11H2,1H3. The van der Waals surface area contributed by atoms with Gasteiger partial charge in [-0.15, -0.1) is 0 Å². The number of nitrogens with zero attached hydrogens (tertiary/aromatic N) is 2. The smallest absolute Gasteiger partial charge is 0.315 e. The number of rotatable bonds is 4. The molecule has 0 aliphatic carbocycles. The van der Waals surface area contributed by atoms with Crippen molar-refractivity contribution in [2.75, 3.05) is 25.0 Å². The molecule has 2 rings (SSSR count). The summed E-state index contributed by atoms with van der Waals surface area (Å²) < 4.78 is 24.6. The molecule has 0 saturated carbocycles. The minimum atomic E-state index is -2.94. The van der Waals surface area contributed by atoms with Gasteiger partial charge in [0.05, 0.1) is 0 Å². The van der Waals surface area contributed by atoms with Gasteiger partial charge in [-0.1, -0.05) is 12.1 Å². The van der Waals surface area contributed by atoms with Gasteiger partial charge in [0.15, 0.2) is 0 Å². The third-order valence-electron chi connectivity index (χ3n) is 3.64. The van der Waals surface area contributed by atoms with E-state index in [0.717, 1.165) is 29.2 Å². The second-order valence-corrected chi connectivity index (χ2v) is 5.21. The van der Waals surface area contributed by atoms with Gasteiger partial charge in [-0.25, -0.2) is 0 Å². The first-order valence-electron chi connectivity index (χ1n) is 6.95. The predicted molar refractivity (Wildman–Crippen MR) is 75.0 cm³/mol. The zero-order chi connectivity index (χ0) is 14.5. The number of carbonyl (C=O) groups excluding carboxylic acids is 1. The Kier molecular flexibility index (Phi) is 4.93. The van der Waals surface area contributed by atoms with Gasteiger partial charge in [0.1, 0.15) is 0 Å². The Morgan fingerprint density at radius 3 is 2.35 bits per heavy atom. The number of piperidine rings is 1. The molecular formula is C15H20F2N2O. The summed E-state index contributed by atoms with van der Waals surface area (Å²) >= 11 is 0. The van der Waals surface area contributed by atoms with Crippen LogP contribution in [-0.4, -0.2) is 37.4 Å². The van der Waals surface area contributed by atoms with Gasteiger partial charge in [0.25, 0.3) is 5.91 Å². The largest absolute Gasteiger partial charge is 0.372 e. The third kappa shape index (κ3) is 3.68. The number of benzene rings is 1. The van der Waals surface area contributed by atoms with Crippen molar-refractivity contribution in [1.29, 1.82) is 0 Å². The molecule has 0 unspecified atom stereocenters. The summed E-state index contributed by atoms with van der Waals surface area (Å²) in [4.78, 5) is 14.5. The summed E-state index contributed by atoms with van der Waals surface area (Å²) in [5.74, 6) is -1.13. The maximum atomic E-state index is 12.3. The zero-order valence-corrected chi connectivity index (χ0v) is 11.7. The molecule has 0 atom stereocenters. The van der Waals surface area contributed by atoms with E-state index in [4.69, 9.17) is 0 Å². The lowest BCUT2D eigenvalue weighted by Gasteiger charge is -2.29. The SMILES string of the molecule is CN(Cc1ccc(N2CCCCC2)cc1)C(=O)C(F)F. The summed E-state index contributed by atoms with van der Waals surface area (Å²) in [6.45, 7) is 2.36. The molecule has 5 heteroatoms. The molecule has 0 N–H and O–H groups in total. The normalized spacial score (nSPS) is 15.5. The lowest BCUT2D eigenvalue weighted by atomic mass is 10.1. The van der Waals surface area contributed by atoms with E-state index in [1.165, 1.54) is 26.3 Å². The molecule has 1 aromatic carbocycles. The minimum Gasteiger partial charge on any atom is -0.372 e. The molecule has 1 amide bonds. The Labute approximate surface area is 118 Å². The molecule has 1 saturated heterocycles. The van der Waals surface area contributed by atoms with Crippen molar-refractivity contribution in [1.82, 2.24) is 4.90 Å². The molecular weight excluding hydrogens is 262 g/mol. The van der Waals surface area contributed by atoms with Crippen LogP contribution in [0.3, 0.4) is 0 Å². The van der Waals surface area contributed by atoms with Crippen LogP contribution >= 0.6 is 0 Å². The van der Waals surface area contributed by atoms with Gasteiger partial charge in [0.2, 0.25) is 0 Å². The van der Waals surface area contributed by atoms with Gasteiger partial charge in [-0.3, -0.25) is 4.79 Å². The highest BCUT2D eigenvalue weighted by molar-refractivity contribution is 5.79. The highest BCUT2D eigenvalue weighted by atomic mass is 19.3. The van der Waals surface area contributed by atoms with E-state index in [1.54, 1.807) is 0 Å². The van der Waals surface area contributed by atoms with Crippen LogP contribution in [0.2, 0.25) is 0 Å². The fourth-order valence-corrected chi connectivity index (χ4v) is 2.48. The molecule has 0 radical (unpaired) electrons. The highest BCUT2D eigenvalue weighted by Crippen LogP contribution is 2.20. The molecule has 1 fully saturated rings. The minimum absolute atomic E-state index is 0.212. The summed E-state index contributed by atoms with van der Waals surface area (Å²) in [6, 6.07) is 7.81. The maximum Gasteiger partial charge on any atom is 0.315 e. The van der Waals surface area contributed by atoms with Crippen LogP contribution in [0.5, 0.6) is 0 Å². The van der Waals surface area contributed by atoms with E-state index < -0.39 is 12.3 Å². The number of carbonyl (C=O) groups is 1. The summed E-state index contributed by atoms with van der Waals surface area (Å²) in [5, 5.41) is 0. The van der Waals surface area contributed by atoms with Gasteiger partial charge in [0, 0.05) is 32.4 Å². The van der Waals surface area contributed by atoms with Crippen molar-refractivity contribution in [3.63, 3.8) is 0 Å². The molecule has 0 bridgehead atoms. The molecule has 1 aromatic rings. The van der Waals surface area contributed by atoms with Gasteiger partial charge >= 0.3 is 6.43 Å². The van der Waals surface area contributed by atoms with Crippen LogP contribution in [0.15, 0.2) is 24.3 Å². The fraction of sp³-hybridized carbons (Fsp3) is 0.533. The number of hydrogen-bond acceptors (Lipinski definition) is 2. The molecule has 1 aliphatic heterocycles. The monoisotopic (exact) mass is 282 g/mol. The molecule has 110 valence electrons. The molecule has 1 aliphatic rings. The summed E-state index contributed by atoms with van der Waals surface area (Å²) in [5.41, 5.74) is 2.03. The lowest BCUT2D eigenvalue weighted by Crippen LogP contribution is -2.31. The first-order valence-corrected chi connectivity index (χ1v) is 6.95. The molecule has 1 heterocycles. The molecule has 0 spiro atoms. The van der Waals surface area contributed by atoms with Crippen molar-refractivity contribution in [3.05, 3.63) is 29.8 Å². The number of anilines is 1. The van der Waals surface area contributed by atoms with Crippen molar-refractivity contribution in [2.45, 2.75) is 32.2 Å². The predicted octanol–water partition coefficient (Wildman–Crippen LogP) is 2.90. The second-order valence-electron chi connectivity index (χ2n) is 5.21. The van der Waals surface area contributed by atoms with E-state index in [-0.39, 0.29) is 6.54 Å². The Morgan fingerprint density at radius 2 is 1.80 bits per heavy atom. The van der Waals surface area contributed by atoms with Crippen LogP contribution in [-0.2, 0) is 11.3 Å². The average Bonchev–Trinajstić information content (AvgIpc) is 2.48. The molecule has 3 nitrogen and oxygen atoms in total. The highest BCUT2D eigenvalue weighted by Gasteiger charge is 2.20. The lowest BCUT2D eigenvalue weighted by molar-refractivity contribution is -0.141. The average molecular weight is 282 g/mol. The van der Waals surface area contributed by atoms with E-state index in [9.17, 15) is 13.6 Å². The number of hydrogen-bond donors (Lipinski definition) is 0. The van der Waals surface area contributed by atoms with Crippen LogP contribution < -0.4 is 4.90 Å². The Balaban J connectivity index is 1.95. The van der Waals surface area contributed by atoms with Crippen LogP contribution in [0.4, 0.5) is 14.5 Å². The molecule has 0 aromatic heterocycles. The first kappa shape index (κ1) is 14.8. The van der Waals surface area contributed by atoms with E-state index in [1.807, 2.05) is 24.3 Å². The third-order valence-corrected chi connectivity index (χ3v) is 3.64. The molecule has 20 heavy (non-hydrogen) atoms. The Hall–Kier alpha value is -1.65. The van der Waals surface area contributed by atoms with E-state index in [0.29, 0.717) is 0 Å². The van der Waals surface area contributed by atoms with Gasteiger partial charge in [-0.2, -0.15) is 8.78 Å². The summed E-state index contributed by atoms with van der Waals surface area (Å²) in [7, 11) is 1.40. The Bertz CT molecular complexity index is 442. The van der Waals surface area contributed by atoms with Crippen molar-refractivity contribution >= 4 is 11.6 Å². The fourth-order valence-electron chi connectivity index (χ4n) is 2.48. The quantitative estimate of drug-likeness (QED) is 0.847. The number of halogens is 2. The number of amides is 1. The van der Waals surface area contributed by atoms with Crippen LogP contribution in [0, 0.1) is 0 Å². The van der Waals surface area contributed by atoms with E-state index >= 15 is 0 Å². The topological polar surface area (TPSA) is 23.6 Å².